The van der Waals surface area contributed by atoms with E-state index >= 15 is 0 Å². The van der Waals surface area contributed by atoms with Gasteiger partial charge in [0.25, 0.3) is 0 Å². The summed E-state index contributed by atoms with van der Waals surface area (Å²) >= 11 is 0. The molecular weight excluding hydrogens is 468 g/mol. The van der Waals surface area contributed by atoms with Crippen LogP contribution in [0.1, 0.15) is 155 Å². The maximum Gasteiger partial charge on any atom is 0.230 e. The van der Waals surface area contributed by atoms with E-state index in [1.165, 1.54) is 64.2 Å². The van der Waals surface area contributed by atoms with Gasteiger partial charge in [-0.15, -0.1) is 0 Å². The minimum Gasteiger partial charge on any atom is -0.507 e. The largest absolute Gasteiger partial charge is 0.507 e. The number of hydrogen-bond acceptors (Lipinski definition) is 5. The third kappa shape index (κ3) is 10.9. The van der Waals surface area contributed by atoms with E-state index < -0.39 is 0 Å². The van der Waals surface area contributed by atoms with E-state index in [0.29, 0.717) is 11.7 Å². The Balaban J connectivity index is 2.27. The van der Waals surface area contributed by atoms with E-state index in [0.717, 1.165) is 54.1 Å². The lowest BCUT2D eigenvalue weighted by atomic mass is 9.79. The third-order valence-corrected chi connectivity index (χ3v) is 7.22. The van der Waals surface area contributed by atoms with Gasteiger partial charge in [-0.1, -0.05) is 120 Å². The van der Waals surface area contributed by atoms with E-state index in [1.807, 2.05) is 0 Å². The van der Waals surface area contributed by atoms with Gasteiger partial charge in [0.1, 0.15) is 17.4 Å². The Hall–Kier alpha value is -2.17. The van der Waals surface area contributed by atoms with Gasteiger partial charge in [-0.3, -0.25) is 0 Å². The Kier molecular flexibility index (Phi) is 13.0. The maximum atomic E-state index is 11.1. The van der Waals surface area contributed by atoms with E-state index in [-0.39, 0.29) is 10.8 Å². The van der Waals surface area contributed by atoms with Crippen LogP contribution in [-0.4, -0.2) is 20.1 Å². The van der Waals surface area contributed by atoms with Crippen LogP contribution in [-0.2, 0) is 23.7 Å². The lowest BCUT2D eigenvalue weighted by Crippen LogP contribution is -2.18. The number of phenols is 1. The van der Waals surface area contributed by atoms with Crippen molar-refractivity contribution >= 4 is 11.6 Å². The second kappa shape index (κ2) is 15.4. The maximum absolute atomic E-state index is 11.1. The Bertz CT molecular complexity index is 903. The number of unbranched alkanes of at least 4 members (excludes halogenated alkanes) is 10. The SMILES string of the molecule is CCCCCCCCc1nc(CCCCCCCC)nc(Nc2cc(C(C)(C)C)c(O)c(C(C)(C)C)c2)n1. The number of nitrogens with zero attached hydrogens (tertiary/aromatic N) is 3. The van der Waals surface area contributed by atoms with Gasteiger partial charge >= 0.3 is 0 Å². The number of benzene rings is 1. The molecule has 5 heteroatoms. The second-order valence-corrected chi connectivity index (χ2v) is 13.1. The molecule has 0 unspecified atom stereocenters. The van der Waals surface area contributed by atoms with Gasteiger partial charge in [-0.05, 0) is 35.8 Å². The molecule has 0 radical (unpaired) electrons. The van der Waals surface area contributed by atoms with Crippen molar-refractivity contribution in [3.05, 3.63) is 34.9 Å². The van der Waals surface area contributed by atoms with Crippen LogP contribution in [0.5, 0.6) is 5.75 Å². The molecule has 1 aromatic carbocycles. The molecule has 0 atom stereocenters. The fraction of sp³-hybridized carbons (Fsp3) is 0.727. The van der Waals surface area contributed by atoms with Crippen LogP contribution in [0.15, 0.2) is 12.1 Å². The average Bonchev–Trinajstić information content (AvgIpc) is 2.83. The minimum atomic E-state index is -0.188. The lowest BCUT2D eigenvalue weighted by molar-refractivity contribution is 0.423. The van der Waals surface area contributed by atoms with Crippen molar-refractivity contribution in [1.82, 2.24) is 15.0 Å². The highest BCUT2D eigenvalue weighted by atomic mass is 16.3. The Labute approximate surface area is 233 Å². The van der Waals surface area contributed by atoms with Crippen LogP contribution in [0.3, 0.4) is 0 Å². The molecule has 0 amide bonds. The van der Waals surface area contributed by atoms with Gasteiger partial charge in [0.05, 0.1) is 0 Å². The number of hydrogen-bond donors (Lipinski definition) is 2. The molecule has 0 spiro atoms. The van der Waals surface area contributed by atoms with Gasteiger partial charge < -0.3 is 10.4 Å². The highest BCUT2D eigenvalue weighted by Gasteiger charge is 2.26. The summed E-state index contributed by atoms with van der Waals surface area (Å²) in [5, 5.41) is 14.6. The lowest BCUT2D eigenvalue weighted by Gasteiger charge is -2.28. The summed E-state index contributed by atoms with van der Waals surface area (Å²) < 4.78 is 0. The molecule has 0 bridgehead atoms. The molecule has 0 aliphatic rings. The first-order valence-electron chi connectivity index (χ1n) is 15.3. The summed E-state index contributed by atoms with van der Waals surface area (Å²) in [7, 11) is 0. The van der Waals surface area contributed by atoms with Crippen LogP contribution in [0.2, 0.25) is 0 Å². The smallest absolute Gasteiger partial charge is 0.230 e. The molecule has 0 saturated heterocycles. The number of rotatable bonds is 16. The van der Waals surface area contributed by atoms with Crippen LogP contribution >= 0.6 is 0 Å². The molecule has 2 aromatic rings. The van der Waals surface area contributed by atoms with E-state index in [4.69, 9.17) is 15.0 Å². The number of anilines is 2. The van der Waals surface area contributed by atoms with Crippen LogP contribution in [0.4, 0.5) is 11.6 Å². The Morgan fingerprint density at radius 2 is 1.00 bits per heavy atom. The zero-order valence-electron chi connectivity index (χ0n) is 25.8. The van der Waals surface area contributed by atoms with Crippen molar-refractivity contribution in [3.63, 3.8) is 0 Å². The summed E-state index contributed by atoms with van der Waals surface area (Å²) in [4.78, 5) is 14.6. The molecule has 2 rings (SSSR count). The van der Waals surface area contributed by atoms with Gasteiger partial charge in [0.15, 0.2) is 0 Å². The fourth-order valence-electron chi connectivity index (χ4n) is 4.85. The summed E-state index contributed by atoms with van der Waals surface area (Å²) in [6.45, 7) is 17.3. The van der Waals surface area contributed by atoms with Gasteiger partial charge in [0.2, 0.25) is 5.95 Å². The molecule has 38 heavy (non-hydrogen) atoms. The normalized spacial score (nSPS) is 12.2. The molecule has 1 aromatic heterocycles. The van der Waals surface area contributed by atoms with Crippen LogP contribution < -0.4 is 5.32 Å². The topological polar surface area (TPSA) is 70.9 Å². The molecule has 0 aliphatic carbocycles. The van der Waals surface area contributed by atoms with E-state index in [9.17, 15) is 5.11 Å². The van der Waals surface area contributed by atoms with Crippen LogP contribution in [0.25, 0.3) is 0 Å². The number of aromatic nitrogens is 3. The minimum absolute atomic E-state index is 0.188. The van der Waals surface area contributed by atoms with Crippen molar-refractivity contribution in [2.75, 3.05) is 5.32 Å². The molecule has 2 N–H and O–H groups in total. The van der Waals surface area contributed by atoms with Crippen LogP contribution in [0, 0.1) is 0 Å². The highest BCUT2D eigenvalue weighted by molar-refractivity contribution is 5.62. The van der Waals surface area contributed by atoms with Crippen molar-refractivity contribution in [2.45, 2.75) is 156 Å². The Morgan fingerprint density at radius 1 is 0.605 bits per heavy atom. The standard InChI is InChI=1S/C33H56N4O/c1-9-11-13-15-17-19-21-28-35-29(22-20-18-16-14-12-10-2)37-31(36-28)34-25-23-26(32(3,4)5)30(38)27(24-25)33(6,7)8/h23-24,38H,9-22H2,1-8H3,(H,34,35,36,37). The molecule has 0 fully saturated rings. The zero-order valence-corrected chi connectivity index (χ0v) is 25.8. The van der Waals surface area contributed by atoms with Crippen molar-refractivity contribution in [1.29, 1.82) is 0 Å². The molecule has 0 saturated carbocycles. The summed E-state index contributed by atoms with van der Waals surface area (Å²) in [6, 6.07) is 4.10. The predicted octanol–water partition coefficient (Wildman–Crippen LogP) is 9.72. The third-order valence-electron chi connectivity index (χ3n) is 7.22. The van der Waals surface area contributed by atoms with Crippen molar-refractivity contribution in [3.8, 4) is 5.75 Å². The highest BCUT2D eigenvalue weighted by Crippen LogP contribution is 2.41. The summed E-state index contributed by atoms with van der Waals surface area (Å²) in [5.41, 5.74) is 2.40. The van der Waals surface area contributed by atoms with E-state index in [2.05, 4.69) is 72.8 Å². The number of nitrogens with one attached hydrogen (secondary N) is 1. The fourth-order valence-corrected chi connectivity index (χ4v) is 4.85. The number of aromatic hydroxyl groups is 1. The quantitative estimate of drug-likeness (QED) is 0.169. The first-order valence-corrected chi connectivity index (χ1v) is 15.3. The second-order valence-electron chi connectivity index (χ2n) is 13.1. The molecular formula is C33H56N4O. The van der Waals surface area contributed by atoms with Gasteiger partial charge in [0, 0.05) is 29.7 Å². The molecule has 5 nitrogen and oxygen atoms in total. The van der Waals surface area contributed by atoms with Crippen molar-refractivity contribution < 1.29 is 5.11 Å². The predicted molar refractivity (Wildman–Crippen MR) is 163 cm³/mol. The molecule has 1 heterocycles. The zero-order chi connectivity index (χ0) is 28.2. The van der Waals surface area contributed by atoms with Gasteiger partial charge in [-0.25, -0.2) is 4.98 Å². The average molecular weight is 525 g/mol. The monoisotopic (exact) mass is 524 g/mol. The van der Waals surface area contributed by atoms with E-state index in [1.54, 1.807) is 0 Å². The molecule has 214 valence electrons. The van der Waals surface area contributed by atoms with Gasteiger partial charge in [-0.2, -0.15) is 9.97 Å². The first kappa shape index (κ1) is 32.0. The summed E-state index contributed by atoms with van der Waals surface area (Å²) in [5.74, 6) is 2.79. The van der Waals surface area contributed by atoms with Crippen molar-refractivity contribution in [2.24, 2.45) is 0 Å². The Morgan fingerprint density at radius 3 is 1.39 bits per heavy atom. The summed E-state index contributed by atoms with van der Waals surface area (Å²) in [6.07, 6.45) is 16.9. The number of phenolic OH excluding ortho intramolecular Hbond substituents is 1. The first-order chi connectivity index (χ1) is 18.0. The number of aryl methyl sites for hydroxylation is 2. The molecule has 0 aliphatic heterocycles.